The fourth-order valence-corrected chi connectivity index (χ4v) is 6.28. The number of carbonyl (C=O) groups excluding carboxylic acids is 3. The van der Waals surface area contributed by atoms with Gasteiger partial charge in [-0.1, -0.05) is 6.08 Å². The summed E-state index contributed by atoms with van der Waals surface area (Å²) in [5.74, 6) is -1.20. The number of ether oxygens (including phenoxy) is 1. The van der Waals surface area contributed by atoms with Crippen LogP contribution >= 0.6 is 0 Å². The fraction of sp³-hybridized carbons (Fsp3) is 0.667. The molecule has 4 fully saturated rings. The summed E-state index contributed by atoms with van der Waals surface area (Å²) in [5, 5.41) is 0. The molecule has 0 amide bonds. The van der Waals surface area contributed by atoms with Crippen LogP contribution in [0, 0.1) is 22.7 Å². The lowest BCUT2D eigenvalue weighted by Crippen LogP contribution is -2.62. The van der Waals surface area contributed by atoms with E-state index in [1.54, 1.807) is 0 Å². The Morgan fingerprint density at radius 1 is 1.29 bits per heavy atom. The summed E-state index contributed by atoms with van der Waals surface area (Å²) in [6, 6.07) is 0. The van der Waals surface area contributed by atoms with Gasteiger partial charge in [-0.25, -0.2) is 0 Å². The van der Waals surface area contributed by atoms with Gasteiger partial charge in [0.1, 0.15) is 17.3 Å². The summed E-state index contributed by atoms with van der Waals surface area (Å²) in [7, 11) is 0. The zero-order valence-electron chi connectivity index (χ0n) is 13.5. The first kappa shape index (κ1) is 14.3. The van der Waals surface area contributed by atoms with Crippen LogP contribution in [-0.4, -0.2) is 33.6 Å². The first-order valence-electron chi connectivity index (χ1n) is 8.63. The van der Waals surface area contributed by atoms with Gasteiger partial charge in [-0.15, -0.1) is 0 Å². The average molecular weight is 326 g/mol. The molecule has 0 aromatic heterocycles. The summed E-state index contributed by atoms with van der Waals surface area (Å²) in [4.78, 5) is 41.7. The monoisotopic (exact) mass is 326 g/mol. The Balaban J connectivity index is 1.82. The Kier molecular flexibility index (Phi) is 2.35. The molecule has 1 saturated heterocycles. The summed E-state index contributed by atoms with van der Waals surface area (Å²) < 4.78 is 5.95. The molecule has 6 nitrogen and oxygen atoms in total. The quantitative estimate of drug-likeness (QED) is 0.292. The highest BCUT2D eigenvalue weighted by molar-refractivity contribution is 6.44. The number of rotatable bonds is 0. The smallest absolute Gasteiger partial charge is 0.343 e. The van der Waals surface area contributed by atoms with Gasteiger partial charge in [0.2, 0.25) is 0 Å². The van der Waals surface area contributed by atoms with Crippen molar-refractivity contribution in [1.29, 1.82) is 0 Å². The summed E-state index contributed by atoms with van der Waals surface area (Å²) in [5.41, 5.74) is 7.79. The third-order valence-corrected chi connectivity index (χ3v) is 7.24. The summed E-state index contributed by atoms with van der Waals surface area (Å²) >= 11 is 0. The second kappa shape index (κ2) is 3.94. The zero-order chi connectivity index (χ0) is 16.9. The lowest BCUT2D eigenvalue weighted by Gasteiger charge is -2.50. The third-order valence-electron chi connectivity index (χ3n) is 7.24. The molecule has 1 aliphatic heterocycles. The van der Waals surface area contributed by atoms with Crippen LogP contribution in [0.15, 0.2) is 11.6 Å². The third kappa shape index (κ3) is 1.24. The molecule has 1 spiro atoms. The predicted octanol–water partition coefficient (Wildman–Crippen LogP) is 1.64. The van der Waals surface area contributed by atoms with Crippen molar-refractivity contribution in [2.24, 2.45) is 22.7 Å². The lowest BCUT2D eigenvalue weighted by molar-refractivity contribution is -0.152. The van der Waals surface area contributed by atoms with Gasteiger partial charge >= 0.3 is 11.7 Å². The Hall–Kier alpha value is -2.07. The van der Waals surface area contributed by atoms with E-state index in [2.05, 4.69) is 4.79 Å². The molecule has 0 N–H and O–H groups in total. The van der Waals surface area contributed by atoms with Crippen molar-refractivity contribution in [3.05, 3.63) is 17.2 Å². The van der Waals surface area contributed by atoms with Crippen LogP contribution < -0.4 is 0 Å². The lowest BCUT2D eigenvalue weighted by atomic mass is 9.48. The molecular weight excluding hydrogens is 308 g/mol. The van der Waals surface area contributed by atoms with E-state index in [9.17, 15) is 19.9 Å². The minimum Gasteiger partial charge on any atom is -0.453 e. The van der Waals surface area contributed by atoms with Crippen LogP contribution in [0.25, 0.3) is 5.53 Å². The highest BCUT2D eigenvalue weighted by Crippen LogP contribution is 2.67. The van der Waals surface area contributed by atoms with E-state index in [1.165, 1.54) is 0 Å². The molecule has 4 aliphatic carbocycles. The first-order valence-corrected chi connectivity index (χ1v) is 8.63. The molecule has 5 rings (SSSR count). The van der Waals surface area contributed by atoms with Crippen molar-refractivity contribution in [3.8, 4) is 0 Å². The Bertz CT molecular complexity index is 823. The highest BCUT2D eigenvalue weighted by Gasteiger charge is 2.79. The van der Waals surface area contributed by atoms with Crippen LogP contribution in [0.2, 0.25) is 0 Å². The SMILES string of the molecule is C[C@@]12CCC[C@@]3(OC1=O)C1=CC[C@H]4C[C@]1(CC4=O)C(=O)C(=[N+]=[N-])[C@H]23. The number of hydrogen-bond acceptors (Lipinski definition) is 4. The molecule has 0 aromatic rings. The summed E-state index contributed by atoms with van der Waals surface area (Å²) in [6.07, 6.45) is 5.24. The minimum absolute atomic E-state index is 0.0375. The number of hydrogen-bond donors (Lipinski definition) is 0. The van der Waals surface area contributed by atoms with Crippen LogP contribution in [0.4, 0.5) is 0 Å². The van der Waals surface area contributed by atoms with Crippen LogP contribution in [0.1, 0.15) is 45.4 Å². The maximum Gasteiger partial charge on any atom is 0.343 e. The topological polar surface area (TPSA) is 96.8 Å². The maximum atomic E-state index is 13.3. The van der Waals surface area contributed by atoms with Gasteiger partial charge in [-0.3, -0.25) is 14.4 Å². The van der Waals surface area contributed by atoms with Crippen molar-refractivity contribution in [3.63, 3.8) is 0 Å². The Morgan fingerprint density at radius 3 is 2.83 bits per heavy atom. The number of allylic oxidation sites excluding steroid dienone is 1. The van der Waals surface area contributed by atoms with E-state index < -0.39 is 22.3 Å². The van der Waals surface area contributed by atoms with E-state index in [4.69, 9.17) is 4.74 Å². The number of nitrogens with zero attached hydrogens (tertiary/aromatic N) is 2. The highest BCUT2D eigenvalue weighted by atomic mass is 16.6. The molecule has 1 heterocycles. The van der Waals surface area contributed by atoms with E-state index in [0.717, 1.165) is 12.0 Å². The van der Waals surface area contributed by atoms with Gasteiger partial charge in [0, 0.05) is 12.3 Å². The molecule has 24 heavy (non-hydrogen) atoms. The molecule has 0 aromatic carbocycles. The average Bonchev–Trinajstić information content (AvgIpc) is 2.86. The molecule has 5 aliphatic rings. The van der Waals surface area contributed by atoms with E-state index in [0.29, 0.717) is 25.7 Å². The Labute approximate surface area is 138 Å². The summed E-state index contributed by atoms with van der Waals surface area (Å²) in [6.45, 7) is 1.81. The first-order chi connectivity index (χ1) is 11.4. The van der Waals surface area contributed by atoms with Gasteiger partial charge in [0.15, 0.2) is 0 Å². The van der Waals surface area contributed by atoms with Crippen LogP contribution in [0.3, 0.4) is 0 Å². The number of carbonyl (C=O) groups is 3. The molecule has 0 radical (unpaired) electrons. The van der Waals surface area contributed by atoms with Gasteiger partial charge in [0.25, 0.3) is 5.78 Å². The molecule has 6 heteroatoms. The molecule has 3 saturated carbocycles. The number of ketones is 2. The van der Waals surface area contributed by atoms with Crippen molar-refractivity contribution in [1.82, 2.24) is 0 Å². The molecule has 4 bridgehead atoms. The fourth-order valence-electron chi connectivity index (χ4n) is 6.28. The van der Waals surface area contributed by atoms with Gasteiger partial charge < -0.3 is 10.3 Å². The van der Waals surface area contributed by atoms with Gasteiger partial charge in [-0.05, 0) is 44.6 Å². The van der Waals surface area contributed by atoms with Crippen molar-refractivity contribution < 1.29 is 23.9 Å². The van der Waals surface area contributed by atoms with Crippen molar-refractivity contribution in [2.75, 3.05) is 0 Å². The van der Waals surface area contributed by atoms with Crippen molar-refractivity contribution in [2.45, 2.75) is 51.0 Å². The van der Waals surface area contributed by atoms with Crippen LogP contribution in [-0.2, 0) is 19.1 Å². The molecule has 5 atom stereocenters. The van der Waals surface area contributed by atoms with E-state index in [1.807, 2.05) is 13.0 Å². The second-order valence-electron chi connectivity index (χ2n) is 8.28. The second-order valence-corrected chi connectivity index (χ2v) is 8.28. The maximum absolute atomic E-state index is 13.3. The zero-order valence-corrected chi connectivity index (χ0v) is 13.5. The Morgan fingerprint density at radius 2 is 2.08 bits per heavy atom. The molecule has 0 unspecified atom stereocenters. The predicted molar refractivity (Wildman–Crippen MR) is 80.8 cm³/mol. The van der Waals surface area contributed by atoms with E-state index in [-0.39, 0.29) is 35.6 Å². The number of Topliss-reactive ketones (excluding diaryl/α,β-unsaturated/α-hetero) is 2. The minimum atomic E-state index is -0.957. The van der Waals surface area contributed by atoms with Gasteiger partial charge in [-0.2, -0.15) is 4.79 Å². The van der Waals surface area contributed by atoms with Crippen LogP contribution in [0.5, 0.6) is 0 Å². The normalized spacial score (nSPS) is 48.5. The number of fused-ring (bicyclic) bond motifs is 1. The van der Waals surface area contributed by atoms with Crippen molar-refractivity contribution >= 4 is 23.2 Å². The van der Waals surface area contributed by atoms with E-state index >= 15 is 0 Å². The molecule has 124 valence electrons. The van der Waals surface area contributed by atoms with Gasteiger partial charge in [0.05, 0.1) is 10.8 Å². The number of esters is 1. The standard InChI is InChI=1S/C18H18N2O4/c1-16-5-2-6-18(24-15(16)23)11-4-3-9-7-17(11,8-10(9)21)14(22)12(20-19)13(16)18/h4,9,13H,2-3,5-8H2,1H3/t9-,13+,16-,17+,18+/m0/s1. The molecular formula is C18H18N2O4. The largest absolute Gasteiger partial charge is 0.453 e.